The van der Waals surface area contributed by atoms with Crippen LogP contribution >= 0.6 is 0 Å². The van der Waals surface area contributed by atoms with Gasteiger partial charge in [0.15, 0.2) is 6.10 Å². The number of methoxy groups -OCH3 is 1. The molecule has 1 aromatic rings. The van der Waals surface area contributed by atoms with E-state index in [4.69, 9.17) is 19.3 Å². The molecule has 1 unspecified atom stereocenters. The van der Waals surface area contributed by atoms with Crippen molar-refractivity contribution in [2.45, 2.75) is 6.10 Å². The maximum Gasteiger partial charge on any atom is 0.335 e. The second kappa shape index (κ2) is 6.36. The predicted molar refractivity (Wildman–Crippen MR) is 69.1 cm³/mol. The summed E-state index contributed by atoms with van der Waals surface area (Å²) in [6, 6.07) is 4.22. The summed E-state index contributed by atoms with van der Waals surface area (Å²) < 4.78 is 15.5. The molecule has 1 fully saturated rings. The number of aromatic carboxylic acids is 1. The number of hydrogen-bond acceptors (Lipinski definition) is 5. The molecular weight excluding hydrogens is 266 g/mol. The van der Waals surface area contributed by atoms with Crippen LogP contribution in [0.3, 0.4) is 0 Å². The Bertz CT molecular complexity index is 510. The summed E-state index contributed by atoms with van der Waals surface area (Å²) in [5, 5.41) is 11.6. The molecule has 1 saturated heterocycles. The van der Waals surface area contributed by atoms with Gasteiger partial charge in [-0.1, -0.05) is 0 Å². The predicted octanol–water partition coefficient (Wildman–Crippen LogP) is 0.747. The Morgan fingerprint density at radius 2 is 2.20 bits per heavy atom. The minimum absolute atomic E-state index is 0.0573. The second-order valence-corrected chi connectivity index (χ2v) is 4.14. The van der Waals surface area contributed by atoms with Crippen molar-refractivity contribution in [2.75, 3.05) is 32.2 Å². The van der Waals surface area contributed by atoms with E-state index in [-0.39, 0.29) is 17.9 Å². The Hall–Kier alpha value is -2.12. The highest BCUT2D eigenvalue weighted by atomic mass is 16.6. The first-order chi connectivity index (χ1) is 9.61. The van der Waals surface area contributed by atoms with E-state index in [1.54, 1.807) is 0 Å². The van der Waals surface area contributed by atoms with Crippen LogP contribution in [-0.2, 0) is 14.3 Å². The third-order valence-corrected chi connectivity index (χ3v) is 2.81. The lowest BCUT2D eigenvalue weighted by molar-refractivity contribution is -0.142. The van der Waals surface area contributed by atoms with Crippen molar-refractivity contribution in [1.82, 2.24) is 0 Å². The smallest absolute Gasteiger partial charge is 0.335 e. The molecule has 0 aromatic heterocycles. The molecule has 1 atom stereocenters. The molecular formula is C13H15NO6. The zero-order valence-electron chi connectivity index (χ0n) is 10.9. The van der Waals surface area contributed by atoms with E-state index in [1.165, 1.54) is 25.3 Å². The van der Waals surface area contributed by atoms with Crippen LogP contribution in [0.2, 0.25) is 0 Å². The van der Waals surface area contributed by atoms with Crippen molar-refractivity contribution in [2.24, 2.45) is 0 Å². The van der Waals surface area contributed by atoms with Crippen LogP contribution in [0.4, 0.5) is 5.69 Å². The van der Waals surface area contributed by atoms with E-state index in [2.05, 4.69) is 5.32 Å². The number of carboxylic acid groups (broad SMARTS) is 1. The Labute approximate surface area is 115 Å². The Morgan fingerprint density at radius 3 is 2.80 bits per heavy atom. The molecule has 0 aliphatic carbocycles. The van der Waals surface area contributed by atoms with Crippen LogP contribution in [0.15, 0.2) is 18.2 Å². The van der Waals surface area contributed by atoms with Gasteiger partial charge in [-0.05, 0) is 18.2 Å². The van der Waals surface area contributed by atoms with Crippen molar-refractivity contribution in [3.8, 4) is 5.75 Å². The van der Waals surface area contributed by atoms with Crippen molar-refractivity contribution in [3.63, 3.8) is 0 Å². The fraction of sp³-hybridized carbons (Fsp3) is 0.385. The molecule has 7 heteroatoms. The van der Waals surface area contributed by atoms with Gasteiger partial charge < -0.3 is 24.6 Å². The van der Waals surface area contributed by atoms with E-state index in [0.717, 1.165) is 0 Å². The van der Waals surface area contributed by atoms with Gasteiger partial charge in [0.2, 0.25) is 0 Å². The molecule has 0 bridgehead atoms. The van der Waals surface area contributed by atoms with Gasteiger partial charge in [0, 0.05) is 0 Å². The number of carboxylic acids is 1. The third kappa shape index (κ3) is 3.25. The standard InChI is InChI=1S/C13H15NO6/c1-18-10-3-2-8(13(16)17)6-9(10)14-12(15)11-7-19-4-5-20-11/h2-3,6,11H,4-5,7H2,1H3,(H,14,15)(H,16,17). The van der Waals surface area contributed by atoms with Crippen LogP contribution in [0.25, 0.3) is 0 Å². The number of nitrogens with one attached hydrogen (secondary N) is 1. The molecule has 1 amide bonds. The summed E-state index contributed by atoms with van der Waals surface area (Å²) in [5.41, 5.74) is 0.341. The fourth-order valence-corrected chi connectivity index (χ4v) is 1.79. The number of ether oxygens (including phenoxy) is 3. The first-order valence-corrected chi connectivity index (χ1v) is 6.03. The lowest BCUT2D eigenvalue weighted by Gasteiger charge is -2.22. The number of benzene rings is 1. The highest BCUT2D eigenvalue weighted by molar-refractivity contribution is 5.97. The molecule has 2 N–H and O–H groups in total. The van der Waals surface area contributed by atoms with Gasteiger partial charge in [-0.2, -0.15) is 0 Å². The molecule has 20 heavy (non-hydrogen) atoms. The zero-order valence-corrected chi connectivity index (χ0v) is 10.9. The molecule has 0 spiro atoms. The van der Waals surface area contributed by atoms with Crippen LogP contribution in [0.1, 0.15) is 10.4 Å². The molecule has 1 aliphatic heterocycles. The lowest BCUT2D eigenvalue weighted by atomic mass is 10.2. The highest BCUT2D eigenvalue weighted by Gasteiger charge is 2.23. The van der Waals surface area contributed by atoms with Crippen LogP contribution < -0.4 is 10.1 Å². The summed E-state index contributed by atoms with van der Waals surface area (Å²) in [5.74, 6) is -1.11. The molecule has 7 nitrogen and oxygen atoms in total. The van der Waals surface area contributed by atoms with E-state index in [0.29, 0.717) is 19.0 Å². The normalized spacial score (nSPS) is 18.4. The number of anilines is 1. The van der Waals surface area contributed by atoms with Crippen molar-refractivity contribution in [1.29, 1.82) is 0 Å². The molecule has 1 heterocycles. The molecule has 1 aliphatic rings. The SMILES string of the molecule is COc1ccc(C(=O)O)cc1NC(=O)C1COCCO1. The molecule has 1 aromatic carbocycles. The minimum Gasteiger partial charge on any atom is -0.495 e. The Balaban J connectivity index is 2.15. The van der Waals surface area contributed by atoms with Crippen LogP contribution in [0, 0.1) is 0 Å². The van der Waals surface area contributed by atoms with Gasteiger partial charge in [0.05, 0.1) is 38.2 Å². The number of rotatable bonds is 4. The highest BCUT2D eigenvalue weighted by Crippen LogP contribution is 2.26. The second-order valence-electron chi connectivity index (χ2n) is 4.14. The van der Waals surface area contributed by atoms with Crippen molar-refractivity contribution in [3.05, 3.63) is 23.8 Å². The Morgan fingerprint density at radius 1 is 1.40 bits per heavy atom. The van der Waals surface area contributed by atoms with E-state index in [1.807, 2.05) is 0 Å². The summed E-state index contributed by atoms with van der Waals surface area (Å²) in [6.45, 7) is 0.985. The van der Waals surface area contributed by atoms with Crippen molar-refractivity contribution < 1.29 is 28.9 Å². The zero-order chi connectivity index (χ0) is 14.5. The van der Waals surface area contributed by atoms with Gasteiger partial charge in [-0.15, -0.1) is 0 Å². The summed E-state index contributed by atoms with van der Waals surface area (Å²) in [6.07, 6.45) is -0.707. The van der Waals surface area contributed by atoms with Gasteiger partial charge >= 0.3 is 5.97 Å². The van der Waals surface area contributed by atoms with Gasteiger partial charge in [-0.25, -0.2) is 4.79 Å². The van der Waals surface area contributed by atoms with E-state index in [9.17, 15) is 9.59 Å². The monoisotopic (exact) mass is 281 g/mol. The summed E-state index contributed by atoms with van der Waals surface area (Å²) in [4.78, 5) is 22.9. The molecule has 0 saturated carbocycles. The lowest BCUT2D eigenvalue weighted by Crippen LogP contribution is -2.39. The van der Waals surface area contributed by atoms with Crippen LogP contribution in [0.5, 0.6) is 5.75 Å². The third-order valence-electron chi connectivity index (χ3n) is 2.81. The maximum absolute atomic E-state index is 12.0. The Kier molecular flexibility index (Phi) is 4.54. The average Bonchev–Trinajstić information content (AvgIpc) is 2.48. The summed E-state index contributed by atoms with van der Waals surface area (Å²) in [7, 11) is 1.44. The number of amides is 1. The maximum atomic E-state index is 12.0. The number of hydrogen-bond donors (Lipinski definition) is 2. The van der Waals surface area contributed by atoms with E-state index < -0.39 is 18.0 Å². The number of carbonyl (C=O) groups is 2. The first-order valence-electron chi connectivity index (χ1n) is 6.03. The van der Waals surface area contributed by atoms with Gasteiger partial charge in [-0.3, -0.25) is 4.79 Å². The molecule has 2 rings (SSSR count). The largest absolute Gasteiger partial charge is 0.495 e. The average molecular weight is 281 g/mol. The van der Waals surface area contributed by atoms with Crippen LogP contribution in [-0.4, -0.2) is 50.0 Å². The van der Waals surface area contributed by atoms with Gasteiger partial charge in [0.25, 0.3) is 5.91 Å². The minimum atomic E-state index is -1.08. The molecule has 0 radical (unpaired) electrons. The fourth-order valence-electron chi connectivity index (χ4n) is 1.79. The number of carbonyl (C=O) groups excluding carboxylic acids is 1. The topological polar surface area (TPSA) is 94.1 Å². The van der Waals surface area contributed by atoms with Gasteiger partial charge in [0.1, 0.15) is 5.75 Å². The quantitative estimate of drug-likeness (QED) is 0.845. The van der Waals surface area contributed by atoms with E-state index >= 15 is 0 Å². The molecule has 108 valence electrons. The first kappa shape index (κ1) is 14.3. The van der Waals surface area contributed by atoms with Crippen molar-refractivity contribution >= 4 is 17.6 Å². The summed E-state index contributed by atoms with van der Waals surface area (Å²) >= 11 is 0.